The molecule has 0 saturated carbocycles. The van der Waals surface area contributed by atoms with Gasteiger partial charge in [-0.1, -0.05) is 24.3 Å². The molecule has 0 spiro atoms. The Morgan fingerprint density at radius 2 is 2.03 bits per heavy atom. The van der Waals surface area contributed by atoms with Crippen LogP contribution in [-0.4, -0.2) is 57.0 Å². The summed E-state index contributed by atoms with van der Waals surface area (Å²) in [6, 6.07) is 13.0. The normalized spacial score (nSPS) is 21.4. The molecule has 4 rings (SSSR count). The van der Waals surface area contributed by atoms with Gasteiger partial charge in [-0.25, -0.2) is 0 Å². The summed E-state index contributed by atoms with van der Waals surface area (Å²) in [7, 11) is 3.98. The predicted octanol–water partition coefficient (Wildman–Crippen LogP) is 3.50. The van der Waals surface area contributed by atoms with E-state index >= 15 is 0 Å². The Morgan fingerprint density at radius 1 is 1.19 bits per heavy atom. The number of piperidine rings is 1. The summed E-state index contributed by atoms with van der Waals surface area (Å²) in [4.78, 5) is 22.9. The SMILES string of the molecule is CN=C(NCC(=O)N1CCc2ccccc21)NCC1CCCN(C)C1c1cccs1.I. The number of halogens is 1. The fourth-order valence-electron chi connectivity index (χ4n) is 4.68. The molecule has 6 nitrogen and oxygen atoms in total. The molecule has 2 aliphatic rings. The van der Waals surface area contributed by atoms with E-state index in [1.54, 1.807) is 7.05 Å². The molecule has 8 heteroatoms. The van der Waals surface area contributed by atoms with Crippen LogP contribution in [0.5, 0.6) is 0 Å². The minimum Gasteiger partial charge on any atom is -0.356 e. The first-order chi connectivity index (χ1) is 14.7. The fourth-order valence-corrected chi connectivity index (χ4v) is 5.67. The highest BCUT2D eigenvalue weighted by molar-refractivity contribution is 14.0. The molecule has 168 valence electrons. The van der Waals surface area contributed by atoms with E-state index in [9.17, 15) is 4.79 Å². The summed E-state index contributed by atoms with van der Waals surface area (Å²) in [6.07, 6.45) is 3.33. The van der Waals surface area contributed by atoms with Crippen LogP contribution in [0.15, 0.2) is 46.8 Å². The second kappa shape index (κ2) is 11.3. The lowest BCUT2D eigenvalue weighted by molar-refractivity contribution is -0.117. The third kappa shape index (κ3) is 5.59. The highest BCUT2D eigenvalue weighted by Gasteiger charge is 2.31. The molecule has 3 heterocycles. The van der Waals surface area contributed by atoms with Crippen LogP contribution in [-0.2, 0) is 11.2 Å². The van der Waals surface area contributed by atoms with Gasteiger partial charge in [0.25, 0.3) is 0 Å². The van der Waals surface area contributed by atoms with Gasteiger partial charge in [-0.2, -0.15) is 0 Å². The lowest BCUT2D eigenvalue weighted by Gasteiger charge is -2.39. The van der Waals surface area contributed by atoms with Crippen LogP contribution >= 0.6 is 35.3 Å². The number of nitrogens with one attached hydrogen (secondary N) is 2. The smallest absolute Gasteiger partial charge is 0.246 e. The van der Waals surface area contributed by atoms with Crippen molar-refractivity contribution in [3.63, 3.8) is 0 Å². The molecular weight excluding hydrogens is 521 g/mol. The van der Waals surface area contributed by atoms with E-state index < -0.39 is 0 Å². The number of carbonyl (C=O) groups is 1. The van der Waals surface area contributed by atoms with Crippen molar-refractivity contribution in [1.29, 1.82) is 0 Å². The summed E-state index contributed by atoms with van der Waals surface area (Å²) in [5.41, 5.74) is 2.28. The molecule has 2 aromatic rings. The summed E-state index contributed by atoms with van der Waals surface area (Å²) < 4.78 is 0. The average molecular weight is 554 g/mol. The maximum atomic E-state index is 12.8. The van der Waals surface area contributed by atoms with Gasteiger partial charge in [-0.15, -0.1) is 35.3 Å². The number of anilines is 1. The third-order valence-electron chi connectivity index (χ3n) is 6.19. The van der Waals surface area contributed by atoms with Crippen molar-refractivity contribution < 1.29 is 4.79 Å². The molecule has 1 saturated heterocycles. The van der Waals surface area contributed by atoms with Crippen LogP contribution in [0.3, 0.4) is 0 Å². The second-order valence-corrected chi connectivity index (χ2v) is 9.05. The molecule has 2 atom stereocenters. The number of para-hydroxylation sites is 1. The van der Waals surface area contributed by atoms with Crippen molar-refractivity contribution in [3.05, 3.63) is 52.2 Å². The Bertz CT molecular complexity index is 888. The van der Waals surface area contributed by atoms with Crippen LogP contribution in [0.2, 0.25) is 0 Å². The molecule has 1 aromatic carbocycles. The monoisotopic (exact) mass is 553 g/mol. The molecule has 1 aromatic heterocycles. The molecule has 1 amide bonds. The molecular formula is C23H32IN5OS. The van der Waals surface area contributed by atoms with Crippen LogP contribution < -0.4 is 15.5 Å². The zero-order valence-electron chi connectivity index (χ0n) is 18.2. The Morgan fingerprint density at radius 3 is 2.81 bits per heavy atom. The number of likely N-dealkylation sites (tertiary alicyclic amines) is 1. The Kier molecular flexibility index (Phi) is 8.74. The first-order valence-corrected chi connectivity index (χ1v) is 11.6. The summed E-state index contributed by atoms with van der Waals surface area (Å²) in [5, 5.41) is 8.83. The fraction of sp³-hybridized carbons (Fsp3) is 0.478. The highest BCUT2D eigenvalue weighted by atomic mass is 127. The van der Waals surface area contributed by atoms with Crippen molar-refractivity contribution in [3.8, 4) is 0 Å². The van der Waals surface area contributed by atoms with Gasteiger partial charge in [0.1, 0.15) is 0 Å². The van der Waals surface area contributed by atoms with E-state index in [1.165, 1.54) is 23.3 Å². The van der Waals surface area contributed by atoms with E-state index in [0.29, 0.717) is 17.9 Å². The van der Waals surface area contributed by atoms with Gasteiger partial charge in [0.15, 0.2) is 5.96 Å². The maximum absolute atomic E-state index is 12.8. The zero-order valence-corrected chi connectivity index (χ0v) is 21.4. The van der Waals surface area contributed by atoms with Crippen LogP contribution in [0.25, 0.3) is 0 Å². The molecule has 0 radical (unpaired) electrons. The standard InChI is InChI=1S/C23H31N5OS.HI/c1-24-23(26-16-21(29)28-13-11-17-7-3-4-9-19(17)28)25-15-18-8-5-12-27(2)22(18)20-10-6-14-30-20;/h3-4,6-7,9-10,14,18,22H,5,8,11-13,15-16H2,1-2H3,(H2,24,25,26);1H. The van der Waals surface area contributed by atoms with Crippen molar-refractivity contribution in [2.24, 2.45) is 10.9 Å². The van der Waals surface area contributed by atoms with E-state index in [4.69, 9.17) is 0 Å². The minimum absolute atomic E-state index is 0. The van der Waals surface area contributed by atoms with E-state index in [2.05, 4.69) is 51.2 Å². The van der Waals surface area contributed by atoms with Gasteiger partial charge >= 0.3 is 0 Å². The van der Waals surface area contributed by atoms with Gasteiger partial charge in [-0.3, -0.25) is 14.7 Å². The van der Waals surface area contributed by atoms with Gasteiger partial charge < -0.3 is 15.5 Å². The number of fused-ring (bicyclic) bond motifs is 1. The molecule has 2 unspecified atom stereocenters. The second-order valence-electron chi connectivity index (χ2n) is 8.07. The Balaban J connectivity index is 0.00000272. The summed E-state index contributed by atoms with van der Waals surface area (Å²) >= 11 is 1.83. The summed E-state index contributed by atoms with van der Waals surface area (Å²) in [6.45, 7) is 2.97. The first-order valence-electron chi connectivity index (χ1n) is 10.7. The number of benzene rings is 1. The number of hydrogen-bond acceptors (Lipinski definition) is 4. The first kappa shape index (κ1) is 24.0. The van der Waals surface area contributed by atoms with Gasteiger partial charge in [-0.05, 0) is 61.8 Å². The number of amides is 1. The zero-order chi connectivity index (χ0) is 20.9. The van der Waals surface area contributed by atoms with Crippen LogP contribution in [0.1, 0.15) is 29.3 Å². The summed E-state index contributed by atoms with van der Waals surface area (Å²) in [5.74, 6) is 1.29. The lowest BCUT2D eigenvalue weighted by atomic mass is 9.88. The Hall–Kier alpha value is -1.65. The lowest BCUT2D eigenvalue weighted by Crippen LogP contribution is -2.47. The van der Waals surface area contributed by atoms with E-state index in [-0.39, 0.29) is 36.4 Å². The average Bonchev–Trinajstić information content (AvgIpc) is 3.44. The molecule has 0 aliphatic carbocycles. The van der Waals surface area contributed by atoms with E-state index in [1.807, 2.05) is 34.4 Å². The molecule has 1 fully saturated rings. The quantitative estimate of drug-likeness (QED) is 0.338. The number of guanidine groups is 1. The predicted molar refractivity (Wildman–Crippen MR) is 140 cm³/mol. The molecule has 31 heavy (non-hydrogen) atoms. The van der Waals surface area contributed by atoms with Crippen LogP contribution in [0, 0.1) is 5.92 Å². The van der Waals surface area contributed by atoms with Gasteiger partial charge in [0.2, 0.25) is 5.91 Å². The third-order valence-corrected chi connectivity index (χ3v) is 7.14. The van der Waals surface area contributed by atoms with Gasteiger partial charge in [0.05, 0.1) is 6.54 Å². The van der Waals surface area contributed by atoms with Crippen molar-refractivity contribution >= 4 is 52.9 Å². The number of carbonyl (C=O) groups excluding carboxylic acids is 1. The maximum Gasteiger partial charge on any atom is 0.246 e. The number of hydrogen-bond donors (Lipinski definition) is 2. The topological polar surface area (TPSA) is 60.0 Å². The molecule has 0 bridgehead atoms. The minimum atomic E-state index is 0. The Labute approximate surface area is 206 Å². The number of rotatable bonds is 5. The van der Waals surface area contributed by atoms with Crippen molar-refractivity contribution in [1.82, 2.24) is 15.5 Å². The number of aliphatic imine (C=N–C) groups is 1. The van der Waals surface area contributed by atoms with Gasteiger partial charge in [0, 0.05) is 36.7 Å². The molecule has 2 N–H and O–H groups in total. The number of thiophene rings is 1. The van der Waals surface area contributed by atoms with Crippen molar-refractivity contribution in [2.45, 2.75) is 25.3 Å². The highest BCUT2D eigenvalue weighted by Crippen LogP contribution is 2.36. The molecule has 2 aliphatic heterocycles. The van der Waals surface area contributed by atoms with Crippen molar-refractivity contribution in [2.75, 3.05) is 45.2 Å². The number of nitrogens with zero attached hydrogens (tertiary/aromatic N) is 3. The largest absolute Gasteiger partial charge is 0.356 e. The van der Waals surface area contributed by atoms with E-state index in [0.717, 1.165) is 31.7 Å². The van der Waals surface area contributed by atoms with Crippen LogP contribution in [0.4, 0.5) is 5.69 Å².